The number of carbonyl (C=O) groups is 1. The Balaban J connectivity index is 1.95. The second-order valence-electron chi connectivity index (χ2n) is 3.39. The Morgan fingerprint density at radius 2 is 2.25 bits per heavy atom. The van der Waals surface area contributed by atoms with E-state index < -0.39 is 0 Å². The average molecular weight is 281 g/mol. The van der Waals surface area contributed by atoms with Crippen LogP contribution in [0.25, 0.3) is 0 Å². The quantitative estimate of drug-likeness (QED) is 0.467. The molecular formula is C9H16INO. The highest BCUT2D eigenvalue weighted by molar-refractivity contribution is 14.1. The molecule has 0 radical (unpaired) electrons. The number of halogens is 1. The van der Waals surface area contributed by atoms with Crippen molar-refractivity contribution in [3.05, 3.63) is 0 Å². The summed E-state index contributed by atoms with van der Waals surface area (Å²) in [5, 5.41) is 2.94. The molecular weight excluding hydrogens is 265 g/mol. The monoisotopic (exact) mass is 281 g/mol. The predicted molar refractivity (Wildman–Crippen MR) is 58.5 cm³/mol. The van der Waals surface area contributed by atoms with Crippen molar-refractivity contribution < 1.29 is 4.79 Å². The molecule has 0 aromatic rings. The van der Waals surface area contributed by atoms with Gasteiger partial charge in [-0.1, -0.05) is 29.0 Å². The van der Waals surface area contributed by atoms with Crippen LogP contribution in [0.15, 0.2) is 0 Å². The van der Waals surface area contributed by atoms with Gasteiger partial charge in [-0.25, -0.2) is 0 Å². The summed E-state index contributed by atoms with van der Waals surface area (Å²) in [5.74, 6) is 0.953. The molecule has 0 aromatic heterocycles. The van der Waals surface area contributed by atoms with Gasteiger partial charge in [0.15, 0.2) is 0 Å². The minimum atomic E-state index is 0.254. The first kappa shape index (κ1) is 10.3. The second-order valence-corrected chi connectivity index (χ2v) is 4.47. The highest BCUT2D eigenvalue weighted by atomic mass is 127. The zero-order valence-electron chi connectivity index (χ0n) is 7.31. The Morgan fingerprint density at radius 3 is 2.75 bits per heavy atom. The Morgan fingerprint density at radius 1 is 1.50 bits per heavy atom. The van der Waals surface area contributed by atoms with Gasteiger partial charge < -0.3 is 5.32 Å². The van der Waals surface area contributed by atoms with Crippen molar-refractivity contribution in [1.29, 1.82) is 0 Å². The van der Waals surface area contributed by atoms with Gasteiger partial charge in [-0.3, -0.25) is 4.79 Å². The molecule has 70 valence electrons. The van der Waals surface area contributed by atoms with Crippen molar-refractivity contribution in [1.82, 2.24) is 5.32 Å². The molecule has 0 bridgehead atoms. The fourth-order valence-electron chi connectivity index (χ4n) is 1.33. The van der Waals surface area contributed by atoms with Crippen LogP contribution in [0.4, 0.5) is 0 Å². The third-order valence-corrected chi connectivity index (χ3v) is 3.09. The highest BCUT2D eigenvalue weighted by Gasteiger charge is 2.19. The SMILES string of the molecule is O=C(CC1CCC1)NCCCI. The first-order valence-corrected chi connectivity index (χ1v) is 6.18. The molecule has 0 saturated heterocycles. The van der Waals surface area contributed by atoms with E-state index in [1.807, 2.05) is 0 Å². The van der Waals surface area contributed by atoms with E-state index in [2.05, 4.69) is 27.9 Å². The molecule has 3 heteroatoms. The lowest BCUT2D eigenvalue weighted by atomic mass is 9.83. The summed E-state index contributed by atoms with van der Waals surface area (Å²) in [6, 6.07) is 0. The molecule has 1 aliphatic rings. The van der Waals surface area contributed by atoms with E-state index in [1.165, 1.54) is 19.3 Å². The van der Waals surface area contributed by atoms with E-state index in [1.54, 1.807) is 0 Å². The summed E-state index contributed by atoms with van der Waals surface area (Å²) >= 11 is 2.33. The lowest BCUT2D eigenvalue weighted by Crippen LogP contribution is -2.28. The first-order chi connectivity index (χ1) is 5.83. The molecule has 1 N–H and O–H groups in total. The van der Waals surface area contributed by atoms with Crippen LogP contribution in [0, 0.1) is 5.92 Å². The molecule has 12 heavy (non-hydrogen) atoms. The number of alkyl halides is 1. The Hall–Kier alpha value is 0.200. The maximum atomic E-state index is 11.2. The van der Waals surface area contributed by atoms with Crippen LogP contribution < -0.4 is 5.32 Å². The van der Waals surface area contributed by atoms with Gasteiger partial charge in [0.1, 0.15) is 0 Å². The number of amides is 1. The molecule has 1 saturated carbocycles. The van der Waals surface area contributed by atoms with Crippen molar-refractivity contribution in [3.8, 4) is 0 Å². The van der Waals surface area contributed by atoms with E-state index in [4.69, 9.17) is 0 Å². The second kappa shape index (κ2) is 5.78. The highest BCUT2D eigenvalue weighted by Crippen LogP contribution is 2.28. The zero-order chi connectivity index (χ0) is 8.81. The van der Waals surface area contributed by atoms with Crippen molar-refractivity contribution in [2.75, 3.05) is 11.0 Å². The molecule has 1 rings (SSSR count). The number of hydrogen-bond donors (Lipinski definition) is 1. The van der Waals surface area contributed by atoms with Crippen LogP contribution in [0.2, 0.25) is 0 Å². The summed E-state index contributed by atoms with van der Waals surface area (Å²) in [7, 11) is 0. The minimum absolute atomic E-state index is 0.254. The van der Waals surface area contributed by atoms with Crippen LogP contribution in [-0.4, -0.2) is 16.9 Å². The van der Waals surface area contributed by atoms with Crippen molar-refractivity contribution in [3.63, 3.8) is 0 Å². The van der Waals surface area contributed by atoms with Gasteiger partial charge in [-0.05, 0) is 25.2 Å². The minimum Gasteiger partial charge on any atom is -0.356 e. The van der Waals surface area contributed by atoms with Gasteiger partial charge >= 0.3 is 0 Å². The molecule has 0 atom stereocenters. The lowest BCUT2D eigenvalue weighted by Gasteiger charge is -2.24. The fourth-order valence-corrected chi connectivity index (χ4v) is 1.71. The fraction of sp³-hybridized carbons (Fsp3) is 0.889. The third-order valence-electron chi connectivity index (χ3n) is 2.33. The zero-order valence-corrected chi connectivity index (χ0v) is 9.47. The van der Waals surface area contributed by atoms with Gasteiger partial charge in [-0.2, -0.15) is 0 Å². The van der Waals surface area contributed by atoms with Crippen LogP contribution in [0.5, 0.6) is 0 Å². The molecule has 0 spiro atoms. The summed E-state index contributed by atoms with van der Waals surface area (Å²) in [6.45, 7) is 0.856. The van der Waals surface area contributed by atoms with Crippen LogP contribution >= 0.6 is 22.6 Å². The van der Waals surface area contributed by atoms with E-state index in [0.29, 0.717) is 5.92 Å². The number of hydrogen-bond acceptors (Lipinski definition) is 1. The summed E-state index contributed by atoms with van der Waals surface area (Å²) < 4.78 is 1.13. The Bertz CT molecular complexity index is 145. The largest absolute Gasteiger partial charge is 0.356 e. The summed E-state index contributed by atoms with van der Waals surface area (Å²) in [5.41, 5.74) is 0. The molecule has 1 fully saturated rings. The van der Waals surface area contributed by atoms with Crippen molar-refractivity contribution in [2.45, 2.75) is 32.1 Å². The third kappa shape index (κ3) is 3.74. The standard InChI is InChI=1S/C9H16INO/c10-5-2-6-11-9(12)7-8-3-1-4-8/h8H,1-7H2,(H,11,12). The molecule has 0 aromatic carbocycles. The number of nitrogens with one attached hydrogen (secondary N) is 1. The summed E-state index contributed by atoms with van der Waals surface area (Å²) in [6.07, 6.45) is 5.71. The maximum absolute atomic E-state index is 11.2. The average Bonchev–Trinajstić information content (AvgIpc) is 1.98. The predicted octanol–water partition coefficient (Wildman–Crippen LogP) is 2.12. The van der Waals surface area contributed by atoms with E-state index >= 15 is 0 Å². The number of carbonyl (C=O) groups excluding carboxylic acids is 1. The topological polar surface area (TPSA) is 29.1 Å². The molecule has 0 unspecified atom stereocenters. The van der Waals surface area contributed by atoms with Gasteiger partial charge in [-0.15, -0.1) is 0 Å². The molecule has 2 nitrogen and oxygen atoms in total. The Kier molecular flexibility index (Phi) is 4.95. The van der Waals surface area contributed by atoms with Gasteiger partial charge in [0, 0.05) is 17.4 Å². The van der Waals surface area contributed by atoms with Crippen LogP contribution in [-0.2, 0) is 4.79 Å². The Labute approximate surface area is 87.6 Å². The van der Waals surface area contributed by atoms with E-state index in [9.17, 15) is 4.79 Å². The first-order valence-electron chi connectivity index (χ1n) is 4.65. The van der Waals surface area contributed by atoms with Gasteiger partial charge in [0.2, 0.25) is 5.91 Å². The maximum Gasteiger partial charge on any atom is 0.220 e. The van der Waals surface area contributed by atoms with Crippen LogP contribution in [0.1, 0.15) is 32.1 Å². The van der Waals surface area contributed by atoms with E-state index in [0.717, 1.165) is 23.8 Å². The van der Waals surface area contributed by atoms with Gasteiger partial charge in [0.25, 0.3) is 0 Å². The molecule has 0 aliphatic heterocycles. The number of rotatable bonds is 5. The summed E-state index contributed by atoms with van der Waals surface area (Å²) in [4.78, 5) is 11.2. The molecule has 0 heterocycles. The van der Waals surface area contributed by atoms with Crippen LogP contribution in [0.3, 0.4) is 0 Å². The normalized spacial score (nSPS) is 17.1. The van der Waals surface area contributed by atoms with Gasteiger partial charge in [0.05, 0.1) is 0 Å². The van der Waals surface area contributed by atoms with E-state index in [-0.39, 0.29) is 5.91 Å². The smallest absolute Gasteiger partial charge is 0.220 e. The lowest BCUT2D eigenvalue weighted by molar-refractivity contribution is -0.122. The van der Waals surface area contributed by atoms with Crippen molar-refractivity contribution >= 4 is 28.5 Å². The molecule has 1 amide bonds. The molecule has 1 aliphatic carbocycles. The van der Waals surface area contributed by atoms with Crippen molar-refractivity contribution in [2.24, 2.45) is 5.92 Å².